The summed E-state index contributed by atoms with van der Waals surface area (Å²) in [6.07, 6.45) is 14.4. The van der Waals surface area contributed by atoms with Crippen molar-refractivity contribution in [3.8, 4) is 0 Å². The maximum atomic E-state index is 12.2. The first kappa shape index (κ1) is 14.8. The molecule has 0 aromatic heterocycles. The molecule has 2 fully saturated rings. The van der Waals surface area contributed by atoms with Crippen LogP contribution in [0.5, 0.6) is 0 Å². The number of rotatable bonds is 5. The van der Waals surface area contributed by atoms with Crippen LogP contribution < -0.4 is 11.1 Å². The number of hydrogen-bond donors (Lipinski definition) is 2. The molecule has 1 amide bonds. The van der Waals surface area contributed by atoms with Crippen LogP contribution in [0.1, 0.15) is 77.0 Å². The van der Waals surface area contributed by atoms with Crippen LogP contribution in [-0.2, 0) is 4.79 Å². The number of hydrogen-bond acceptors (Lipinski definition) is 2. The van der Waals surface area contributed by atoms with E-state index in [9.17, 15) is 4.79 Å². The first-order valence-electron chi connectivity index (χ1n) is 8.25. The Kier molecular flexibility index (Phi) is 5.68. The normalized spacial score (nSPS) is 24.1. The van der Waals surface area contributed by atoms with Crippen molar-refractivity contribution in [2.24, 2.45) is 11.7 Å². The Morgan fingerprint density at radius 3 is 2.32 bits per heavy atom. The van der Waals surface area contributed by atoms with Gasteiger partial charge in [0.05, 0.1) is 5.54 Å². The number of amides is 1. The molecular formula is C16H30N2O. The van der Waals surface area contributed by atoms with Gasteiger partial charge in [0.15, 0.2) is 0 Å². The fraction of sp³-hybridized carbons (Fsp3) is 0.938. The Morgan fingerprint density at radius 1 is 1.05 bits per heavy atom. The second-order valence-corrected chi connectivity index (χ2v) is 6.64. The molecule has 0 unspecified atom stereocenters. The van der Waals surface area contributed by atoms with E-state index in [-0.39, 0.29) is 11.4 Å². The van der Waals surface area contributed by atoms with E-state index in [1.54, 1.807) is 0 Å². The van der Waals surface area contributed by atoms with Crippen molar-refractivity contribution >= 4 is 5.91 Å². The number of nitrogens with two attached hydrogens (primary N) is 1. The Hall–Kier alpha value is -0.570. The number of nitrogens with one attached hydrogen (secondary N) is 1. The average Bonchev–Trinajstić information content (AvgIpc) is 2.47. The van der Waals surface area contributed by atoms with Crippen LogP contribution in [0.3, 0.4) is 0 Å². The summed E-state index contributed by atoms with van der Waals surface area (Å²) in [7, 11) is 0. The molecule has 0 saturated heterocycles. The van der Waals surface area contributed by atoms with E-state index in [4.69, 9.17) is 5.73 Å². The van der Waals surface area contributed by atoms with Crippen molar-refractivity contribution in [3.05, 3.63) is 0 Å². The first-order chi connectivity index (χ1) is 9.24. The lowest BCUT2D eigenvalue weighted by molar-refractivity contribution is -0.123. The minimum atomic E-state index is -0.0815. The minimum Gasteiger partial charge on any atom is -0.349 e. The van der Waals surface area contributed by atoms with Gasteiger partial charge >= 0.3 is 0 Å². The highest BCUT2D eigenvalue weighted by Gasteiger charge is 2.32. The van der Waals surface area contributed by atoms with Crippen LogP contribution in [0, 0.1) is 5.92 Å². The summed E-state index contributed by atoms with van der Waals surface area (Å²) >= 11 is 0. The molecule has 0 aromatic rings. The summed E-state index contributed by atoms with van der Waals surface area (Å²) in [5, 5.41) is 3.26. The molecule has 110 valence electrons. The van der Waals surface area contributed by atoms with Crippen LogP contribution >= 0.6 is 0 Å². The van der Waals surface area contributed by atoms with Crippen molar-refractivity contribution in [1.29, 1.82) is 0 Å². The molecule has 2 rings (SSSR count). The van der Waals surface area contributed by atoms with E-state index >= 15 is 0 Å². The summed E-state index contributed by atoms with van der Waals surface area (Å²) in [5.41, 5.74) is 5.83. The van der Waals surface area contributed by atoms with E-state index in [0.717, 1.165) is 25.2 Å². The third-order valence-corrected chi connectivity index (χ3v) is 5.11. The van der Waals surface area contributed by atoms with Gasteiger partial charge in [0, 0.05) is 13.0 Å². The molecule has 0 atom stereocenters. The van der Waals surface area contributed by atoms with Crippen molar-refractivity contribution < 1.29 is 4.79 Å². The summed E-state index contributed by atoms with van der Waals surface area (Å²) in [6.45, 7) is 0.599. The SMILES string of the molecule is NCC1(NC(=O)CCC2CCCCC2)CCCCC1. The first-order valence-corrected chi connectivity index (χ1v) is 8.25. The Morgan fingerprint density at radius 2 is 1.68 bits per heavy atom. The second-order valence-electron chi connectivity index (χ2n) is 6.64. The van der Waals surface area contributed by atoms with E-state index in [0.29, 0.717) is 13.0 Å². The number of carbonyl (C=O) groups excluding carboxylic acids is 1. The summed E-state index contributed by atoms with van der Waals surface area (Å²) < 4.78 is 0. The van der Waals surface area contributed by atoms with E-state index in [1.807, 2.05) is 0 Å². The third-order valence-electron chi connectivity index (χ3n) is 5.11. The van der Waals surface area contributed by atoms with Crippen LogP contribution in [0.15, 0.2) is 0 Å². The minimum absolute atomic E-state index is 0.0815. The van der Waals surface area contributed by atoms with Gasteiger partial charge in [-0.1, -0.05) is 51.4 Å². The lowest BCUT2D eigenvalue weighted by Crippen LogP contribution is -2.54. The Bertz CT molecular complexity index is 278. The number of carbonyl (C=O) groups is 1. The zero-order valence-electron chi connectivity index (χ0n) is 12.3. The molecule has 2 aliphatic carbocycles. The van der Waals surface area contributed by atoms with Gasteiger partial charge in [-0.3, -0.25) is 4.79 Å². The van der Waals surface area contributed by atoms with E-state index in [1.165, 1.54) is 51.4 Å². The highest BCUT2D eigenvalue weighted by atomic mass is 16.1. The van der Waals surface area contributed by atoms with Crippen LogP contribution in [0.25, 0.3) is 0 Å². The van der Waals surface area contributed by atoms with Crippen molar-refractivity contribution in [1.82, 2.24) is 5.32 Å². The second kappa shape index (κ2) is 7.28. The lowest BCUT2D eigenvalue weighted by atomic mass is 9.81. The maximum Gasteiger partial charge on any atom is 0.220 e. The van der Waals surface area contributed by atoms with E-state index < -0.39 is 0 Å². The largest absolute Gasteiger partial charge is 0.349 e. The highest BCUT2D eigenvalue weighted by molar-refractivity contribution is 5.76. The molecule has 2 aliphatic rings. The molecule has 3 N–H and O–H groups in total. The van der Waals surface area contributed by atoms with Gasteiger partial charge in [0.2, 0.25) is 5.91 Å². The van der Waals surface area contributed by atoms with Crippen LogP contribution in [-0.4, -0.2) is 18.0 Å². The zero-order chi connectivity index (χ0) is 13.6. The smallest absolute Gasteiger partial charge is 0.220 e. The maximum absolute atomic E-state index is 12.2. The lowest BCUT2D eigenvalue weighted by Gasteiger charge is -2.37. The van der Waals surface area contributed by atoms with Crippen molar-refractivity contribution in [2.75, 3.05) is 6.54 Å². The molecule has 0 radical (unpaired) electrons. The topological polar surface area (TPSA) is 55.1 Å². The molecule has 19 heavy (non-hydrogen) atoms. The molecule has 0 heterocycles. The predicted octanol–water partition coefficient (Wildman–Crippen LogP) is 3.12. The molecule has 3 nitrogen and oxygen atoms in total. The Labute approximate surface area is 117 Å². The molecule has 0 bridgehead atoms. The van der Waals surface area contributed by atoms with Gasteiger partial charge in [-0.2, -0.15) is 0 Å². The molecule has 0 aliphatic heterocycles. The molecular weight excluding hydrogens is 236 g/mol. The predicted molar refractivity (Wildman–Crippen MR) is 78.8 cm³/mol. The van der Waals surface area contributed by atoms with E-state index in [2.05, 4.69) is 5.32 Å². The average molecular weight is 266 g/mol. The highest BCUT2D eigenvalue weighted by Crippen LogP contribution is 2.29. The summed E-state index contributed by atoms with van der Waals surface area (Å²) in [6, 6.07) is 0. The standard InChI is InChI=1S/C16H30N2O/c17-13-16(11-5-2-6-12-16)18-15(19)10-9-14-7-3-1-4-8-14/h14H,1-13,17H2,(H,18,19). The molecule has 3 heteroatoms. The molecule has 0 aromatic carbocycles. The van der Waals surface area contributed by atoms with Crippen molar-refractivity contribution in [2.45, 2.75) is 82.6 Å². The monoisotopic (exact) mass is 266 g/mol. The molecule has 0 spiro atoms. The van der Waals surface area contributed by atoms with Crippen LogP contribution in [0.2, 0.25) is 0 Å². The molecule has 2 saturated carbocycles. The summed E-state index contributed by atoms with van der Waals surface area (Å²) in [4.78, 5) is 12.2. The van der Waals surface area contributed by atoms with Gasteiger partial charge in [0.25, 0.3) is 0 Å². The zero-order valence-corrected chi connectivity index (χ0v) is 12.3. The fourth-order valence-corrected chi connectivity index (χ4v) is 3.78. The van der Waals surface area contributed by atoms with Gasteiger partial charge in [0.1, 0.15) is 0 Å². The third kappa shape index (κ3) is 4.48. The Balaban J connectivity index is 1.72. The summed E-state index contributed by atoms with van der Waals surface area (Å²) in [5.74, 6) is 1.03. The van der Waals surface area contributed by atoms with Gasteiger partial charge < -0.3 is 11.1 Å². The van der Waals surface area contributed by atoms with Crippen molar-refractivity contribution in [3.63, 3.8) is 0 Å². The fourth-order valence-electron chi connectivity index (χ4n) is 3.78. The van der Waals surface area contributed by atoms with Gasteiger partial charge in [-0.05, 0) is 25.2 Å². The van der Waals surface area contributed by atoms with Gasteiger partial charge in [-0.25, -0.2) is 0 Å². The quantitative estimate of drug-likeness (QED) is 0.803. The van der Waals surface area contributed by atoms with Crippen LogP contribution in [0.4, 0.5) is 0 Å². The van der Waals surface area contributed by atoms with Gasteiger partial charge in [-0.15, -0.1) is 0 Å².